The summed E-state index contributed by atoms with van der Waals surface area (Å²) in [7, 11) is 0. The molecule has 31 heavy (non-hydrogen) atoms. The normalized spacial score (nSPS) is 13.3. The van der Waals surface area contributed by atoms with Crippen LogP contribution in [-0.2, 0) is 25.6 Å². The van der Waals surface area contributed by atoms with Gasteiger partial charge in [-0.25, -0.2) is 4.79 Å². The van der Waals surface area contributed by atoms with Gasteiger partial charge in [0.05, 0.1) is 17.7 Å². The maximum absolute atomic E-state index is 12.5. The Labute approximate surface area is 175 Å². The second kappa shape index (κ2) is 8.95. The molecule has 0 radical (unpaired) electrons. The lowest BCUT2D eigenvalue weighted by Crippen LogP contribution is -2.31. The summed E-state index contributed by atoms with van der Waals surface area (Å²) in [6.07, 6.45) is 0.249. The van der Waals surface area contributed by atoms with E-state index in [-0.39, 0.29) is 35.8 Å². The molecule has 3 N–H and O–H groups in total. The van der Waals surface area contributed by atoms with Gasteiger partial charge in [0.2, 0.25) is 11.9 Å². The van der Waals surface area contributed by atoms with E-state index >= 15 is 0 Å². The van der Waals surface area contributed by atoms with Crippen molar-refractivity contribution in [3.05, 3.63) is 47.5 Å². The second-order valence-corrected chi connectivity index (χ2v) is 6.55. The highest BCUT2D eigenvalue weighted by atomic mass is 16.5. The number of fused-ring (bicyclic) bond motifs is 1. The van der Waals surface area contributed by atoms with Crippen molar-refractivity contribution in [2.24, 2.45) is 10.2 Å². The first-order chi connectivity index (χ1) is 14.8. The van der Waals surface area contributed by atoms with Crippen molar-refractivity contribution in [1.29, 1.82) is 0 Å². The minimum absolute atomic E-state index is 0.0314. The molecule has 1 aliphatic heterocycles. The van der Waals surface area contributed by atoms with Crippen LogP contribution in [0.25, 0.3) is 0 Å². The Kier molecular flexibility index (Phi) is 6.15. The zero-order chi connectivity index (χ0) is 22.5. The van der Waals surface area contributed by atoms with Crippen LogP contribution in [0.15, 0.2) is 46.6 Å². The van der Waals surface area contributed by atoms with Gasteiger partial charge in [-0.05, 0) is 36.8 Å². The topological polar surface area (TPSA) is 164 Å². The molecular weight excluding hydrogens is 408 g/mol. The van der Waals surface area contributed by atoms with Crippen molar-refractivity contribution in [2.45, 2.75) is 19.4 Å². The monoisotopic (exact) mass is 424 g/mol. The molecule has 11 heteroatoms. The number of anilines is 2. The first-order valence-corrected chi connectivity index (χ1v) is 8.90. The molecule has 0 spiro atoms. The molecule has 158 valence electrons. The SMILES string of the molecule is CC(=O)C(N=Nc1cc(OC=O)cc(C(=O)O)c1)C(=O)Nc1ccc2c(c1)NC(=O)C2. The molecule has 2 aromatic rings. The number of benzene rings is 2. The number of nitrogens with one attached hydrogen (secondary N) is 2. The van der Waals surface area contributed by atoms with Crippen molar-refractivity contribution in [3.63, 3.8) is 0 Å². The third kappa shape index (κ3) is 5.15. The molecule has 2 aromatic carbocycles. The molecule has 0 aliphatic carbocycles. The van der Waals surface area contributed by atoms with Crippen LogP contribution >= 0.6 is 0 Å². The summed E-state index contributed by atoms with van der Waals surface area (Å²) in [5.74, 6) is -2.91. The molecule has 0 saturated carbocycles. The number of hydrogen-bond acceptors (Lipinski definition) is 8. The highest BCUT2D eigenvalue weighted by Gasteiger charge is 2.24. The largest absolute Gasteiger partial charge is 0.478 e. The minimum atomic E-state index is -1.51. The van der Waals surface area contributed by atoms with E-state index in [9.17, 15) is 24.0 Å². The molecule has 0 saturated heterocycles. The number of carbonyl (C=O) groups is 5. The molecule has 1 heterocycles. The third-order valence-corrected chi connectivity index (χ3v) is 4.25. The predicted octanol–water partition coefficient (Wildman–Crippen LogP) is 2.09. The van der Waals surface area contributed by atoms with E-state index in [0.29, 0.717) is 11.4 Å². The number of Topliss-reactive ketones (excluding diaryl/α,β-unsaturated/α-hetero) is 1. The summed E-state index contributed by atoms with van der Waals surface area (Å²) in [6, 6.07) is 6.80. The molecule has 1 aliphatic rings. The molecule has 2 amide bonds. The molecule has 0 fully saturated rings. The van der Waals surface area contributed by atoms with E-state index in [1.807, 2.05) is 0 Å². The average molecular weight is 424 g/mol. The quantitative estimate of drug-likeness (QED) is 0.332. The predicted molar refractivity (Wildman–Crippen MR) is 106 cm³/mol. The van der Waals surface area contributed by atoms with Gasteiger partial charge in [-0.2, -0.15) is 10.2 Å². The van der Waals surface area contributed by atoms with E-state index < -0.39 is 23.7 Å². The number of ether oxygens (including phenoxy) is 1. The molecule has 11 nitrogen and oxygen atoms in total. The number of hydrogen-bond donors (Lipinski definition) is 3. The molecule has 0 bridgehead atoms. The first-order valence-electron chi connectivity index (χ1n) is 8.90. The fourth-order valence-electron chi connectivity index (χ4n) is 2.83. The highest BCUT2D eigenvalue weighted by molar-refractivity contribution is 6.10. The van der Waals surface area contributed by atoms with Crippen molar-refractivity contribution < 1.29 is 33.8 Å². The van der Waals surface area contributed by atoms with Gasteiger partial charge in [-0.15, -0.1) is 0 Å². The van der Waals surface area contributed by atoms with Crippen LogP contribution in [-0.4, -0.2) is 41.2 Å². The Bertz CT molecular complexity index is 1130. The van der Waals surface area contributed by atoms with Gasteiger partial charge < -0.3 is 20.5 Å². The van der Waals surface area contributed by atoms with Gasteiger partial charge in [0, 0.05) is 17.4 Å². The number of nitrogens with zero attached hydrogens (tertiary/aromatic N) is 2. The number of rotatable bonds is 8. The maximum atomic E-state index is 12.5. The average Bonchev–Trinajstić information content (AvgIpc) is 3.07. The number of aromatic carboxylic acids is 1. The summed E-state index contributed by atoms with van der Waals surface area (Å²) in [6.45, 7) is 1.27. The van der Waals surface area contributed by atoms with Crippen molar-refractivity contribution in [2.75, 3.05) is 10.6 Å². The highest BCUT2D eigenvalue weighted by Crippen LogP contribution is 2.27. The Morgan fingerprint density at radius 1 is 1.23 bits per heavy atom. The second-order valence-electron chi connectivity index (χ2n) is 6.55. The zero-order valence-corrected chi connectivity index (χ0v) is 16.1. The lowest BCUT2D eigenvalue weighted by molar-refractivity contribution is -0.126. The van der Waals surface area contributed by atoms with Crippen LogP contribution in [0.2, 0.25) is 0 Å². The number of carboxylic acids is 1. The summed E-state index contributed by atoms with van der Waals surface area (Å²) in [5.41, 5.74) is 1.45. The molecule has 0 aromatic heterocycles. The van der Waals surface area contributed by atoms with E-state index in [1.165, 1.54) is 6.07 Å². The molecule has 1 atom stereocenters. The summed E-state index contributed by atoms with van der Waals surface area (Å²) in [5, 5.41) is 21.8. The first kappa shape index (κ1) is 21.3. The standard InChI is InChI=1S/C20H16N4O7/c1-10(26)18(19(28)21-13-3-2-11-6-17(27)22-16(11)8-13)24-23-14-4-12(20(29)30)5-15(7-14)31-9-25/h2-5,7-9,18H,6H2,1H3,(H,21,28)(H,22,27)(H,29,30). The van der Waals surface area contributed by atoms with Gasteiger partial charge in [0.1, 0.15) is 5.75 Å². The van der Waals surface area contributed by atoms with Crippen LogP contribution in [0.5, 0.6) is 5.75 Å². The van der Waals surface area contributed by atoms with Crippen LogP contribution in [0.4, 0.5) is 17.1 Å². The number of carbonyl (C=O) groups excluding carboxylic acids is 4. The van der Waals surface area contributed by atoms with Crippen LogP contribution in [0.3, 0.4) is 0 Å². The molecular formula is C20H16N4O7. The summed E-state index contributed by atoms with van der Waals surface area (Å²) in [4.78, 5) is 57.7. The van der Waals surface area contributed by atoms with Gasteiger partial charge >= 0.3 is 5.97 Å². The van der Waals surface area contributed by atoms with Crippen molar-refractivity contribution in [1.82, 2.24) is 0 Å². The van der Waals surface area contributed by atoms with Crippen molar-refractivity contribution >= 4 is 47.1 Å². The summed E-state index contributed by atoms with van der Waals surface area (Å²) >= 11 is 0. The Morgan fingerprint density at radius 3 is 2.68 bits per heavy atom. The minimum Gasteiger partial charge on any atom is -0.478 e. The number of carboxylic acid groups (broad SMARTS) is 1. The van der Waals surface area contributed by atoms with Crippen molar-refractivity contribution in [3.8, 4) is 5.75 Å². The van der Waals surface area contributed by atoms with Gasteiger partial charge in [0.15, 0.2) is 5.78 Å². The number of amides is 2. The number of ketones is 1. The Morgan fingerprint density at radius 2 is 2.00 bits per heavy atom. The summed E-state index contributed by atoms with van der Waals surface area (Å²) < 4.78 is 4.64. The lowest BCUT2D eigenvalue weighted by Gasteiger charge is -2.10. The fourth-order valence-corrected chi connectivity index (χ4v) is 2.83. The third-order valence-electron chi connectivity index (χ3n) is 4.25. The van der Waals surface area contributed by atoms with E-state index in [0.717, 1.165) is 24.6 Å². The molecule has 1 unspecified atom stereocenters. The van der Waals surface area contributed by atoms with Crippen LogP contribution < -0.4 is 15.4 Å². The van der Waals surface area contributed by atoms with E-state index in [4.69, 9.17) is 5.11 Å². The lowest BCUT2D eigenvalue weighted by atomic mass is 10.1. The fraction of sp³-hybridized carbons (Fsp3) is 0.150. The van der Waals surface area contributed by atoms with E-state index in [1.54, 1.807) is 18.2 Å². The molecule has 3 rings (SSSR count). The number of azo groups is 1. The Balaban J connectivity index is 1.80. The zero-order valence-electron chi connectivity index (χ0n) is 16.1. The van der Waals surface area contributed by atoms with Crippen LogP contribution in [0, 0.1) is 0 Å². The van der Waals surface area contributed by atoms with Gasteiger partial charge in [-0.3, -0.25) is 19.2 Å². The smallest absolute Gasteiger partial charge is 0.335 e. The van der Waals surface area contributed by atoms with E-state index in [2.05, 4.69) is 25.6 Å². The Hall–Kier alpha value is -4.41. The van der Waals surface area contributed by atoms with Crippen LogP contribution in [0.1, 0.15) is 22.8 Å². The van der Waals surface area contributed by atoms with Gasteiger partial charge in [-0.1, -0.05) is 6.07 Å². The maximum Gasteiger partial charge on any atom is 0.335 e. The van der Waals surface area contributed by atoms with Gasteiger partial charge in [0.25, 0.3) is 12.4 Å².